The fourth-order valence-corrected chi connectivity index (χ4v) is 3.63. The highest BCUT2D eigenvalue weighted by atomic mass is 35.5. The molecule has 0 saturated heterocycles. The second kappa shape index (κ2) is 9.12. The number of hydrogen-bond acceptors (Lipinski definition) is 4. The predicted molar refractivity (Wildman–Crippen MR) is 104 cm³/mol. The highest BCUT2D eigenvalue weighted by Gasteiger charge is 2.16. The Morgan fingerprint density at radius 2 is 1.70 bits per heavy atom. The van der Waals surface area contributed by atoms with E-state index in [-0.39, 0.29) is 29.6 Å². The van der Waals surface area contributed by atoms with Crippen LogP contribution >= 0.6 is 11.6 Å². The Labute approximate surface area is 164 Å². The van der Waals surface area contributed by atoms with E-state index in [1.165, 1.54) is 36.1 Å². The molecular weight excluding hydrogens is 388 g/mol. The Kier molecular flexibility index (Phi) is 7.12. The Morgan fingerprint density at radius 1 is 1.07 bits per heavy atom. The van der Waals surface area contributed by atoms with Crippen LogP contribution in [0.3, 0.4) is 0 Å². The van der Waals surface area contributed by atoms with Gasteiger partial charge in [-0.05, 0) is 30.7 Å². The summed E-state index contributed by atoms with van der Waals surface area (Å²) in [5.74, 6) is -0.344. The number of carbonyl (C=O) groups excluding carboxylic acids is 2. The fourth-order valence-electron chi connectivity index (χ4n) is 2.41. The van der Waals surface area contributed by atoms with Crippen molar-refractivity contribution < 1.29 is 18.0 Å². The fraction of sp³-hybridized carbons (Fsp3) is 0.263. The maximum absolute atomic E-state index is 12.3. The van der Waals surface area contributed by atoms with Gasteiger partial charge in [-0.2, -0.15) is 0 Å². The van der Waals surface area contributed by atoms with Crippen molar-refractivity contribution in [1.29, 1.82) is 0 Å². The second-order valence-electron chi connectivity index (χ2n) is 6.07. The normalized spacial score (nSPS) is 11.2. The zero-order chi connectivity index (χ0) is 20.0. The highest BCUT2D eigenvalue weighted by molar-refractivity contribution is 7.89. The molecule has 0 fully saturated rings. The minimum absolute atomic E-state index is 0.0196. The zero-order valence-electron chi connectivity index (χ0n) is 15.1. The summed E-state index contributed by atoms with van der Waals surface area (Å²) < 4.78 is 26.9. The molecule has 0 aliphatic heterocycles. The van der Waals surface area contributed by atoms with Crippen molar-refractivity contribution in [2.24, 2.45) is 0 Å². The van der Waals surface area contributed by atoms with E-state index in [1.807, 2.05) is 18.2 Å². The highest BCUT2D eigenvalue weighted by Crippen LogP contribution is 2.17. The summed E-state index contributed by atoms with van der Waals surface area (Å²) in [4.78, 5) is 25.0. The molecule has 27 heavy (non-hydrogen) atoms. The molecule has 0 saturated carbocycles. The van der Waals surface area contributed by atoms with Crippen LogP contribution in [0.15, 0.2) is 53.4 Å². The quantitative estimate of drug-likeness (QED) is 0.681. The van der Waals surface area contributed by atoms with Gasteiger partial charge in [0.2, 0.25) is 15.9 Å². The molecule has 1 N–H and O–H groups in total. The number of hydrogen-bond donors (Lipinski definition) is 1. The lowest BCUT2D eigenvalue weighted by molar-refractivity contribution is -0.130. The molecule has 0 spiro atoms. The van der Waals surface area contributed by atoms with Crippen molar-refractivity contribution in [3.8, 4) is 0 Å². The predicted octanol–water partition coefficient (Wildman–Crippen LogP) is 2.87. The van der Waals surface area contributed by atoms with Gasteiger partial charge in [0.1, 0.15) is 0 Å². The molecule has 1 amide bonds. The van der Waals surface area contributed by atoms with Crippen LogP contribution in [0.1, 0.15) is 29.3 Å². The monoisotopic (exact) mass is 408 g/mol. The van der Waals surface area contributed by atoms with Crippen LogP contribution in [0, 0.1) is 0 Å². The average molecular weight is 409 g/mol. The SMILES string of the molecule is CC(=O)c1ccc(S(=O)(=O)NCCC(=O)N(C)Cc2ccccc2Cl)cc1. The van der Waals surface area contributed by atoms with Gasteiger partial charge in [0.15, 0.2) is 5.78 Å². The van der Waals surface area contributed by atoms with Gasteiger partial charge in [0, 0.05) is 37.1 Å². The van der Waals surface area contributed by atoms with E-state index in [9.17, 15) is 18.0 Å². The Hall–Kier alpha value is -2.22. The lowest BCUT2D eigenvalue weighted by Crippen LogP contribution is -2.32. The molecule has 0 aromatic heterocycles. The molecule has 2 rings (SSSR count). The Balaban J connectivity index is 1.89. The van der Waals surface area contributed by atoms with Gasteiger partial charge in [-0.3, -0.25) is 9.59 Å². The van der Waals surface area contributed by atoms with Crippen LogP contribution in [0.2, 0.25) is 5.02 Å². The largest absolute Gasteiger partial charge is 0.341 e. The molecule has 2 aromatic rings. The van der Waals surface area contributed by atoms with Crippen molar-refractivity contribution in [1.82, 2.24) is 9.62 Å². The van der Waals surface area contributed by atoms with Gasteiger partial charge < -0.3 is 4.90 Å². The van der Waals surface area contributed by atoms with Crippen molar-refractivity contribution >= 4 is 33.3 Å². The van der Waals surface area contributed by atoms with E-state index in [2.05, 4.69) is 4.72 Å². The van der Waals surface area contributed by atoms with Gasteiger partial charge in [-0.15, -0.1) is 0 Å². The molecule has 2 aromatic carbocycles. The first-order valence-electron chi connectivity index (χ1n) is 8.29. The molecule has 0 heterocycles. The van der Waals surface area contributed by atoms with Gasteiger partial charge in [0.25, 0.3) is 0 Å². The lowest BCUT2D eigenvalue weighted by Gasteiger charge is -2.18. The van der Waals surface area contributed by atoms with Gasteiger partial charge in [-0.25, -0.2) is 13.1 Å². The van der Waals surface area contributed by atoms with Crippen LogP contribution in [-0.2, 0) is 21.4 Å². The van der Waals surface area contributed by atoms with Crippen LogP contribution in [0.25, 0.3) is 0 Å². The van der Waals surface area contributed by atoms with Gasteiger partial charge >= 0.3 is 0 Å². The van der Waals surface area contributed by atoms with E-state index in [4.69, 9.17) is 11.6 Å². The summed E-state index contributed by atoms with van der Waals surface area (Å²) in [5, 5.41) is 0.576. The number of halogens is 1. The van der Waals surface area contributed by atoms with Crippen LogP contribution < -0.4 is 4.72 Å². The number of rotatable bonds is 8. The molecule has 0 atom stereocenters. The van der Waals surface area contributed by atoms with E-state index < -0.39 is 10.0 Å². The van der Waals surface area contributed by atoms with Crippen molar-refractivity contribution in [3.05, 3.63) is 64.7 Å². The molecule has 0 bridgehead atoms. The summed E-state index contributed by atoms with van der Waals surface area (Å²) in [5.41, 5.74) is 1.26. The Bertz CT molecular complexity index is 927. The molecular formula is C19H21ClN2O4S. The van der Waals surface area contributed by atoms with Gasteiger partial charge in [-0.1, -0.05) is 41.9 Å². The zero-order valence-corrected chi connectivity index (χ0v) is 16.7. The summed E-state index contributed by atoms with van der Waals surface area (Å²) in [7, 11) is -2.10. The number of ketones is 1. The minimum atomic E-state index is -3.74. The number of benzene rings is 2. The third-order valence-corrected chi connectivity index (χ3v) is 5.84. The maximum Gasteiger partial charge on any atom is 0.240 e. The van der Waals surface area contributed by atoms with Crippen LogP contribution in [-0.4, -0.2) is 38.6 Å². The molecule has 0 unspecified atom stereocenters. The third kappa shape index (κ3) is 5.89. The molecule has 144 valence electrons. The first-order chi connectivity index (χ1) is 12.7. The standard InChI is InChI=1S/C19H21ClN2O4S/c1-14(23)15-7-9-17(10-8-15)27(25,26)21-12-11-19(24)22(2)13-16-5-3-4-6-18(16)20/h3-10,21H,11-13H2,1-2H3. The number of carbonyl (C=O) groups is 2. The second-order valence-corrected chi connectivity index (χ2v) is 8.24. The number of nitrogens with zero attached hydrogens (tertiary/aromatic N) is 1. The first kappa shape index (κ1) is 21.1. The lowest BCUT2D eigenvalue weighted by atomic mass is 10.2. The van der Waals surface area contributed by atoms with Crippen molar-refractivity contribution in [2.75, 3.05) is 13.6 Å². The molecule has 0 aliphatic carbocycles. The number of amides is 1. The number of nitrogens with one attached hydrogen (secondary N) is 1. The summed E-state index contributed by atoms with van der Waals surface area (Å²) >= 11 is 6.08. The number of sulfonamides is 1. The topological polar surface area (TPSA) is 83.5 Å². The van der Waals surface area contributed by atoms with Crippen LogP contribution in [0.5, 0.6) is 0 Å². The smallest absolute Gasteiger partial charge is 0.240 e. The minimum Gasteiger partial charge on any atom is -0.341 e. The summed E-state index contributed by atoms with van der Waals surface area (Å²) in [6, 6.07) is 12.9. The summed E-state index contributed by atoms with van der Waals surface area (Å²) in [6.07, 6.45) is 0.0196. The number of Topliss-reactive ketones (excluding diaryl/α,β-unsaturated/α-hetero) is 1. The van der Waals surface area contributed by atoms with E-state index in [0.717, 1.165) is 5.56 Å². The van der Waals surface area contributed by atoms with E-state index in [1.54, 1.807) is 13.1 Å². The van der Waals surface area contributed by atoms with E-state index in [0.29, 0.717) is 17.1 Å². The van der Waals surface area contributed by atoms with Crippen molar-refractivity contribution in [2.45, 2.75) is 24.8 Å². The summed E-state index contributed by atoms with van der Waals surface area (Å²) in [6.45, 7) is 1.73. The molecule has 0 aliphatic rings. The molecule has 6 nitrogen and oxygen atoms in total. The average Bonchev–Trinajstić information content (AvgIpc) is 2.63. The first-order valence-corrected chi connectivity index (χ1v) is 10.1. The van der Waals surface area contributed by atoms with Gasteiger partial charge in [0.05, 0.1) is 4.90 Å². The molecule has 0 radical (unpaired) electrons. The maximum atomic E-state index is 12.3. The van der Waals surface area contributed by atoms with E-state index >= 15 is 0 Å². The third-order valence-electron chi connectivity index (χ3n) is 3.99. The Morgan fingerprint density at radius 3 is 2.30 bits per heavy atom. The van der Waals surface area contributed by atoms with Crippen LogP contribution in [0.4, 0.5) is 0 Å². The van der Waals surface area contributed by atoms with Crippen molar-refractivity contribution in [3.63, 3.8) is 0 Å². The molecule has 8 heteroatoms.